The number of hydrogen-bond donors (Lipinski definition) is 2. The van der Waals surface area contributed by atoms with Crippen molar-refractivity contribution < 1.29 is 4.79 Å². The predicted octanol–water partition coefficient (Wildman–Crippen LogP) is 0.667. The molecule has 1 aromatic heterocycles. The van der Waals surface area contributed by atoms with Gasteiger partial charge in [-0.2, -0.15) is 5.10 Å². The molecule has 0 aliphatic heterocycles. The number of carbonyl (C=O) groups is 1. The standard InChI is InChI=1S/C11H20N4O/c1-3-4-5-10(6-12)14-11(16)9-7-13-15(2)8-9/h7-8,10H,3-6,12H2,1-2H3,(H,14,16). The van der Waals surface area contributed by atoms with Gasteiger partial charge in [-0.3, -0.25) is 9.48 Å². The highest BCUT2D eigenvalue weighted by molar-refractivity contribution is 5.93. The fourth-order valence-corrected chi connectivity index (χ4v) is 1.51. The van der Waals surface area contributed by atoms with Gasteiger partial charge in [0.05, 0.1) is 11.8 Å². The van der Waals surface area contributed by atoms with E-state index in [1.807, 2.05) is 0 Å². The third-order valence-electron chi connectivity index (χ3n) is 2.49. The highest BCUT2D eigenvalue weighted by Gasteiger charge is 2.12. The van der Waals surface area contributed by atoms with E-state index in [9.17, 15) is 4.79 Å². The van der Waals surface area contributed by atoms with Crippen molar-refractivity contribution in [3.63, 3.8) is 0 Å². The molecule has 0 aliphatic rings. The first-order chi connectivity index (χ1) is 7.67. The Morgan fingerprint density at radius 3 is 2.94 bits per heavy atom. The second-order valence-electron chi connectivity index (χ2n) is 3.95. The van der Waals surface area contributed by atoms with Crippen molar-refractivity contribution in [2.45, 2.75) is 32.2 Å². The van der Waals surface area contributed by atoms with Crippen LogP contribution in [0.5, 0.6) is 0 Å². The van der Waals surface area contributed by atoms with Crippen molar-refractivity contribution in [1.82, 2.24) is 15.1 Å². The summed E-state index contributed by atoms with van der Waals surface area (Å²) < 4.78 is 1.61. The number of nitrogens with two attached hydrogens (primary N) is 1. The molecule has 1 unspecified atom stereocenters. The van der Waals surface area contributed by atoms with Gasteiger partial charge >= 0.3 is 0 Å². The summed E-state index contributed by atoms with van der Waals surface area (Å²) in [4.78, 5) is 11.8. The number of unbranched alkanes of at least 4 members (excludes halogenated alkanes) is 1. The van der Waals surface area contributed by atoms with Gasteiger partial charge in [-0.1, -0.05) is 19.8 Å². The quantitative estimate of drug-likeness (QED) is 0.746. The van der Waals surface area contributed by atoms with E-state index in [4.69, 9.17) is 5.73 Å². The minimum Gasteiger partial charge on any atom is -0.348 e. The van der Waals surface area contributed by atoms with E-state index in [2.05, 4.69) is 17.3 Å². The lowest BCUT2D eigenvalue weighted by molar-refractivity contribution is 0.0935. The third kappa shape index (κ3) is 3.66. The second kappa shape index (κ2) is 6.27. The molecule has 1 atom stereocenters. The van der Waals surface area contributed by atoms with Gasteiger partial charge in [-0.05, 0) is 6.42 Å². The summed E-state index contributed by atoms with van der Waals surface area (Å²) in [5.74, 6) is -0.0975. The Morgan fingerprint density at radius 2 is 2.44 bits per heavy atom. The topological polar surface area (TPSA) is 72.9 Å². The summed E-state index contributed by atoms with van der Waals surface area (Å²) in [6, 6.07) is 0.0626. The van der Waals surface area contributed by atoms with Crippen molar-refractivity contribution in [2.24, 2.45) is 12.8 Å². The van der Waals surface area contributed by atoms with E-state index >= 15 is 0 Å². The van der Waals surface area contributed by atoms with E-state index in [0.717, 1.165) is 19.3 Å². The Hall–Kier alpha value is -1.36. The molecule has 16 heavy (non-hydrogen) atoms. The lowest BCUT2D eigenvalue weighted by Gasteiger charge is -2.15. The minimum absolute atomic E-state index is 0.0626. The number of hydrogen-bond acceptors (Lipinski definition) is 3. The fourth-order valence-electron chi connectivity index (χ4n) is 1.51. The molecule has 1 aromatic rings. The smallest absolute Gasteiger partial charge is 0.254 e. The molecule has 0 saturated heterocycles. The molecule has 0 fully saturated rings. The first-order valence-electron chi connectivity index (χ1n) is 5.67. The highest BCUT2D eigenvalue weighted by Crippen LogP contribution is 2.02. The third-order valence-corrected chi connectivity index (χ3v) is 2.49. The zero-order valence-electron chi connectivity index (χ0n) is 9.94. The summed E-state index contributed by atoms with van der Waals surface area (Å²) in [6.07, 6.45) is 6.37. The van der Waals surface area contributed by atoms with Crippen LogP contribution in [-0.4, -0.2) is 28.3 Å². The van der Waals surface area contributed by atoms with Crippen LogP contribution in [-0.2, 0) is 7.05 Å². The molecule has 0 saturated carbocycles. The summed E-state index contributed by atoms with van der Waals surface area (Å²) in [7, 11) is 1.79. The molecule has 0 bridgehead atoms. The van der Waals surface area contributed by atoms with Crippen molar-refractivity contribution >= 4 is 5.91 Å². The van der Waals surface area contributed by atoms with Crippen molar-refractivity contribution in [3.05, 3.63) is 18.0 Å². The number of nitrogens with zero attached hydrogens (tertiary/aromatic N) is 2. The second-order valence-corrected chi connectivity index (χ2v) is 3.95. The maximum atomic E-state index is 11.8. The van der Waals surface area contributed by atoms with Crippen molar-refractivity contribution in [3.8, 4) is 0 Å². The minimum atomic E-state index is -0.0975. The molecular formula is C11H20N4O. The van der Waals surface area contributed by atoms with Crippen LogP contribution >= 0.6 is 0 Å². The maximum Gasteiger partial charge on any atom is 0.254 e. The summed E-state index contributed by atoms with van der Waals surface area (Å²) >= 11 is 0. The van der Waals surface area contributed by atoms with Gasteiger partial charge in [0.2, 0.25) is 0 Å². The van der Waals surface area contributed by atoms with Gasteiger partial charge in [-0.15, -0.1) is 0 Å². The molecule has 1 heterocycles. The summed E-state index contributed by atoms with van der Waals surface area (Å²) in [5, 5.41) is 6.87. The molecule has 3 N–H and O–H groups in total. The predicted molar refractivity (Wildman–Crippen MR) is 63.0 cm³/mol. The Balaban J connectivity index is 2.48. The van der Waals surface area contributed by atoms with Gasteiger partial charge in [0.1, 0.15) is 0 Å². The monoisotopic (exact) mass is 224 g/mol. The molecule has 1 amide bonds. The molecule has 1 rings (SSSR count). The van der Waals surface area contributed by atoms with E-state index < -0.39 is 0 Å². The largest absolute Gasteiger partial charge is 0.348 e. The van der Waals surface area contributed by atoms with Crippen LogP contribution < -0.4 is 11.1 Å². The zero-order valence-corrected chi connectivity index (χ0v) is 9.94. The van der Waals surface area contributed by atoms with Crippen LogP contribution in [0.1, 0.15) is 36.5 Å². The van der Waals surface area contributed by atoms with Crippen LogP contribution in [0.2, 0.25) is 0 Å². The number of amides is 1. The first kappa shape index (κ1) is 12.7. The van der Waals surface area contributed by atoms with Crippen molar-refractivity contribution in [2.75, 3.05) is 6.54 Å². The Bertz CT molecular complexity index is 334. The molecule has 0 radical (unpaired) electrons. The number of rotatable bonds is 6. The molecule has 0 aromatic carbocycles. The van der Waals surface area contributed by atoms with Crippen LogP contribution in [0.4, 0.5) is 0 Å². The zero-order chi connectivity index (χ0) is 12.0. The Labute approximate surface area is 96.0 Å². The van der Waals surface area contributed by atoms with Crippen LogP contribution in [0.3, 0.4) is 0 Å². The normalized spacial score (nSPS) is 12.4. The number of aryl methyl sites for hydroxylation is 1. The Kier molecular flexibility index (Phi) is 4.98. The number of aromatic nitrogens is 2. The average Bonchev–Trinajstić information content (AvgIpc) is 2.70. The molecular weight excluding hydrogens is 204 g/mol. The number of carbonyl (C=O) groups excluding carboxylic acids is 1. The van der Waals surface area contributed by atoms with Gasteiger partial charge in [0.25, 0.3) is 5.91 Å². The maximum absolute atomic E-state index is 11.8. The number of nitrogens with one attached hydrogen (secondary N) is 1. The molecule has 0 spiro atoms. The van der Waals surface area contributed by atoms with Crippen LogP contribution in [0.25, 0.3) is 0 Å². The van der Waals surface area contributed by atoms with Crippen LogP contribution in [0, 0.1) is 0 Å². The lowest BCUT2D eigenvalue weighted by atomic mass is 10.1. The van der Waals surface area contributed by atoms with Gasteiger partial charge < -0.3 is 11.1 Å². The van der Waals surface area contributed by atoms with E-state index in [1.165, 1.54) is 0 Å². The van der Waals surface area contributed by atoms with Gasteiger partial charge in [0.15, 0.2) is 0 Å². The van der Waals surface area contributed by atoms with E-state index in [0.29, 0.717) is 12.1 Å². The van der Waals surface area contributed by atoms with Gasteiger partial charge in [-0.25, -0.2) is 0 Å². The van der Waals surface area contributed by atoms with Crippen LogP contribution in [0.15, 0.2) is 12.4 Å². The van der Waals surface area contributed by atoms with Crippen molar-refractivity contribution in [1.29, 1.82) is 0 Å². The molecule has 5 nitrogen and oxygen atoms in total. The first-order valence-corrected chi connectivity index (χ1v) is 5.67. The van der Waals surface area contributed by atoms with Gasteiger partial charge in [0, 0.05) is 25.8 Å². The summed E-state index contributed by atoms with van der Waals surface area (Å²) in [6.45, 7) is 2.60. The molecule has 5 heteroatoms. The fraction of sp³-hybridized carbons (Fsp3) is 0.636. The van der Waals surface area contributed by atoms with E-state index in [1.54, 1.807) is 24.1 Å². The summed E-state index contributed by atoms with van der Waals surface area (Å²) in [5.41, 5.74) is 6.19. The Morgan fingerprint density at radius 1 is 1.69 bits per heavy atom. The lowest BCUT2D eigenvalue weighted by Crippen LogP contribution is -2.40. The average molecular weight is 224 g/mol. The SMILES string of the molecule is CCCCC(CN)NC(=O)c1cnn(C)c1. The molecule has 0 aliphatic carbocycles. The van der Waals surface area contributed by atoms with E-state index in [-0.39, 0.29) is 11.9 Å². The molecule has 90 valence electrons. The highest BCUT2D eigenvalue weighted by atomic mass is 16.1.